The van der Waals surface area contributed by atoms with Crippen molar-refractivity contribution in [2.24, 2.45) is 11.8 Å². The number of piperidine rings is 1. The summed E-state index contributed by atoms with van der Waals surface area (Å²) in [4.78, 5) is 11.2. The Bertz CT molecular complexity index is 678. The van der Waals surface area contributed by atoms with Crippen LogP contribution >= 0.6 is 0 Å². The van der Waals surface area contributed by atoms with Crippen LogP contribution < -0.4 is 4.74 Å². The molecular formula is C15H19F2NO5S. The first-order valence-electron chi connectivity index (χ1n) is 7.44. The lowest BCUT2D eigenvalue weighted by atomic mass is 9.92. The molecule has 1 aromatic rings. The standard InChI is InChI=1S/C15H19F2NO5S/c1-10-6-11(15(19)20)8-18(7-10)24(21,22)13-4-2-12(3-5-13)23-9-14(16)17/h2-5,10-11,14H,6-9H2,1H3,(H,19,20). The summed E-state index contributed by atoms with van der Waals surface area (Å²) in [6, 6.07) is 5.14. The van der Waals surface area contributed by atoms with Gasteiger partial charge in [-0.05, 0) is 36.6 Å². The molecule has 9 heteroatoms. The molecule has 1 aliphatic heterocycles. The number of carboxylic acids is 1. The Morgan fingerprint density at radius 1 is 1.33 bits per heavy atom. The lowest BCUT2D eigenvalue weighted by Crippen LogP contribution is -2.45. The van der Waals surface area contributed by atoms with Crippen LogP contribution in [0.15, 0.2) is 29.2 Å². The summed E-state index contributed by atoms with van der Waals surface area (Å²) in [5.74, 6) is -1.68. The quantitative estimate of drug-likeness (QED) is 0.836. The zero-order valence-corrected chi connectivity index (χ0v) is 13.9. The van der Waals surface area contributed by atoms with Gasteiger partial charge in [-0.3, -0.25) is 4.79 Å². The van der Waals surface area contributed by atoms with E-state index in [0.29, 0.717) is 6.42 Å². The van der Waals surface area contributed by atoms with E-state index in [1.807, 2.05) is 0 Å². The first-order chi connectivity index (χ1) is 11.2. The van der Waals surface area contributed by atoms with Crippen LogP contribution in [0, 0.1) is 11.8 Å². The van der Waals surface area contributed by atoms with Crippen molar-refractivity contribution in [2.45, 2.75) is 24.7 Å². The normalized spacial score (nSPS) is 22.5. The van der Waals surface area contributed by atoms with Crippen LogP contribution in [0.3, 0.4) is 0 Å². The average molecular weight is 363 g/mol. The van der Waals surface area contributed by atoms with Gasteiger partial charge in [-0.2, -0.15) is 4.31 Å². The molecule has 6 nitrogen and oxygen atoms in total. The molecule has 2 atom stereocenters. The number of hydrogen-bond donors (Lipinski definition) is 1. The maximum absolute atomic E-state index is 12.7. The van der Waals surface area contributed by atoms with Crippen LogP contribution in [0.25, 0.3) is 0 Å². The third-order valence-corrected chi connectivity index (χ3v) is 5.66. The number of benzene rings is 1. The second kappa shape index (κ2) is 7.43. The first kappa shape index (κ1) is 18.6. The van der Waals surface area contributed by atoms with E-state index in [-0.39, 0.29) is 29.7 Å². The highest BCUT2D eigenvalue weighted by Crippen LogP contribution is 2.28. The largest absolute Gasteiger partial charge is 0.488 e. The van der Waals surface area contributed by atoms with E-state index in [2.05, 4.69) is 0 Å². The lowest BCUT2D eigenvalue weighted by Gasteiger charge is -2.33. The van der Waals surface area contributed by atoms with Gasteiger partial charge in [0.25, 0.3) is 6.43 Å². The Labute approximate surface area is 139 Å². The van der Waals surface area contributed by atoms with Crippen molar-refractivity contribution in [1.29, 1.82) is 0 Å². The van der Waals surface area contributed by atoms with Crippen LogP contribution in [-0.2, 0) is 14.8 Å². The van der Waals surface area contributed by atoms with Gasteiger partial charge >= 0.3 is 5.97 Å². The number of carbonyl (C=O) groups is 1. The van der Waals surface area contributed by atoms with Crippen molar-refractivity contribution in [3.05, 3.63) is 24.3 Å². The van der Waals surface area contributed by atoms with E-state index in [9.17, 15) is 22.0 Å². The molecule has 0 radical (unpaired) electrons. The van der Waals surface area contributed by atoms with E-state index in [4.69, 9.17) is 9.84 Å². The summed E-state index contributed by atoms with van der Waals surface area (Å²) in [5.41, 5.74) is 0. The second-order valence-electron chi connectivity index (χ2n) is 5.87. The zero-order valence-electron chi connectivity index (χ0n) is 13.1. The van der Waals surface area contributed by atoms with Gasteiger partial charge in [-0.15, -0.1) is 0 Å². The first-order valence-corrected chi connectivity index (χ1v) is 8.88. The predicted molar refractivity (Wildman–Crippen MR) is 81.6 cm³/mol. The number of rotatable bonds is 6. The highest BCUT2D eigenvalue weighted by molar-refractivity contribution is 7.89. The summed E-state index contributed by atoms with van der Waals surface area (Å²) in [6.45, 7) is 1.20. The second-order valence-corrected chi connectivity index (χ2v) is 7.81. The molecule has 1 saturated heterocycles. The molecule has 1 aromatic carbocycles. The van der Waals surface area contributed by atoms with Crippen LogP contribution in [-0.4, -0.2) is 49.9 Å². The lowest BCUT2D eigenvalue weighted by molar-refractivity contribution is -0.143. The molecule has 24 heavy (non-hydrogen) atoms. The van der Waals surface area contributed by atoms with Crippen LogP contribution in [0.4, 0.5) is 8.78 Å². The number of hydrogen-bond acceptors (Lipinski definition) is 4. The number of nitrogens with zero attached hydrogens (tertiary/aromatic N) is 1. The minimum atomic E-state index is -3.84. The fraction of sp³-hybridized carbons (Fsp3) is 0.533. The summed E-state index contributed by atoms with van der Waals surface area (Å²) in [5, 5.41) is 9.15. The number of aliphatic carboxylic acids is 1. The summed E-state index contributed by atoms with van der Waals surface area (Å²) < 4.78 is 55.5. The number of alkyl halides is 2. The van der Waals surface area contributed by atoms with Crippen molar-refractivity contribution >= 4 is 16.0 Å². The van der Waals surface area contributed by atoms with E-state index in [0.717, 1.165) is 4.31 Å². The Kier molecular flexibility index (Phi) is 5.76. The Hall–Kier alpha value is -1.74. The molecule has 0 aromatic heterocycles. The average Bonchev–Trinajstić information content (AvgIpc) is 2.52. The van der Waals surface area contributed by atoms with Crippen molar-refractivity contribution in [2.75, 3.05) is 19.7 Å². The molecule has 0 saturated carbocycles. The highest BCUT2D eigenvalue weighted by Gasteiger charge is 2.36. The fourth-order valence-electron chi connectivity index (χ4n) is 2.69. The monoisotopic (exact) mass is 363 g/mol. The number of ether oxygens (including phenoxy) is 1. The van der Waals surface area contributed by atoms with Crippen molar-refractivity contribution in [3.63, 3.8) is 0 Å². The summed E-state index contributed by atoms with van der Waals surface area (Å²) in [6.07, 6.45) is -2.18. The Morgan fingerprint density at radius 2 is 1.96 bits per heavy atom. The molecule has 1 N–H and O–H groups in total. The maximum Gasteiger partial charge on any atom is 0.307 e. The van der Waals surface area contributed by atoms with E-state index < -0.39 is 34.9 Å². The SMILES string of the molecule is CC1CC(C(=O)O)CN(S(=O)(=O)c2ccc(OCC(F)F)cc2)C1. The summed E-state index contributed by atoms with van der Waals surface area (Å²) in [7, 11) is -3.84. The van der Waals surface area contributed by atoms with Crippen molar-refractivity contribution in [3.8, 4) is 5.75 Å². The summed E-state index contributed by atoms with van der Waals surface area (Å²) >= 11 is 0. The molecule has 1 fully saturated rings. The number of sulfonamides is 1. The van der Waals surface area contributed by atoms with Gasteiger partial charge < -0.3 is 9.84 Å². The molecule has 0 aliphatic carbocycles. The Morgan fingerprint density at radius 3 is 2.50 bits per heavy atom. The van der Waals surface area contributed by atoms with Gasteiger partial charge in [0.15, 0.2) is 0 Å². The number of carboxylic acid groups (broad SMARTS) is 1. The van der Waals surface area contributed by atoms with Crippen molar-refractivity contribution in [1.82, 2.24) is 4.31 Å². The highest BCUT2D eigenvalue weighted by atomic mass is 32.2. The molecule has 1 aliphatic rings. The molecular weight excluding hydrogens is 344 g/mol. The predicted octanol–water partition coefficient (Wildman–Crippen LogP) is 2.06. The topological polar surface area (TPSA) is 83.9 Å². The third-order valence-electron chi connectivity index (χ3n) is 3.81. The van der Waals surface area contributed by atoms with Gasteiger partial charge in [-0.1, -0.05) is 6.92 Å². The zero-order chi connectivity index (χ0) is 17.9. The van der Waals surface area contributed by atoms with Crippen LogP contribution in [0.1, 0.15) is 13.3 Å². The smallest absolute Gasteiger partial charge is 0.307 e. The molecule has 0 amide bonds. The molecule has 134 valence electrons. The van der Waals surface area contributed by atoms with Gasteiger partial charge in [-0.25, -0.2) is 17.2 Å². The molecule has 0 spiro atoms. The van der Waals surface area contributed by atoms with Crippen molar-refractivity contribution < 1.29 is 31.8 Å². The molecule has 2 unspecified atom stereocenters. The van der Waals surface area contributed by atoms with Crippen LogP contribution in [0.2, 0.25) is 0 Å². The van der Waals surface area contributed by atoms with Gasteiger partial charge in [0.05, 0.1) is 10.8 Å². The Balaban J connectivity index is 2.15. The minimum Gasteiger partial charge on any atom is -0.488 e. The minimum absolute atomic E-state index is 0.0230. The van der Waals surface area contributed by atoms with E-state index in [1.165, 1.54) is 24.3 Å². The van der Waals surface area contributed by atoms with Gasteiger partial charge in [0.2, 0.25) is 10.0 Å². The van der Waals surface area contributed by atoms with Crippen LogP contribution in [0.5, 0.6) is 5.75 Å². The van der Waals surface area contributed by atoms with E-state index in [1.54, 1.807) is 6.92 Å². The fourth-order valence-corrected chi connectivity index (χ4v) is 4.30. The van der Waals surface area contributed by atoms with Gasteiger partial charge in [0, 0.05) is 13.1 Å². The third kappa shape index (κ3) is 4.41. The van der Waals surface area contributed by atoms with Gasteiger partial charge in [0.1, 0.15) is 12.4 Å². The van der Waals surface area contributed by atoms with E-state index >= 15 is 0 Å². The molecule has 2 rings (SSSR count). The molecule has 1 heterocycles. The number of halogens is 2. The molecule has 0 bridgehead atoms. The maximum atomic E-state index is 12.7.